The topological polar surface area (TPSA) is 36.8 Å². The quantitative estimate of drug-likeness (QED) is 0.429. The molecule has 5 heavy (non-hydrogen) atoms. The first-order valence-corrected chi connectivity index (χ1v) is 1.38. The van der Waals surface area contributed by atoms with E-state index in [1.807, 2.05) is 0 Å². The fourth-order valence-electron chi connectivity index (χ4n) is 0.183. The third kappa shape index (κ3) is 0.344. The second-order valence-electron chi connectivity index (χ2n) is 0.711. The summed E-state index contributed by atoms with van der Waals surface area (Å²) >= 11 is 0. The molecule has 3 nitrogen and oxygen atoms in total. The van der Waals surface area contributed by atoms with Crippen LogP contribution in [0.15, 0.2) is 10.3 Å². The summed E-state index contributed by atoms with van der Waals surface area (Å²) in [6.07, 6.45) is 0. The molecule has 0 saturated heterocycles. The molecule has 0 aromatic rings. The Kier molecular flexibility index (Phi) is 0.251. The van der Waals surface area contributed by atoms with E-state index < -0.39 is 6.52 Å². The monoisotopic (exact) mass is 73.1 g/mol. The van der Waals surface area contributed by atoms with Gasteiger partial charge >= 0.3 is 0 Å². The molecule has 1 aliphatic rings. The molecule has 1 unspecified atom stereocenters. The zero-order valence-corrected chi connectivity index (χ0v) is 2.63. The van der Waals surface area contributed by atoms with E-state index in [-0.39, 0.29) is 0 Å². The lowest BCUT2D eigenvalue weighted by atomic mass is 10.7. The maximum atomic E-state index is 6.89. The maximum Gasteiger partial charge on any atom is 0.185 e. The average Bonchev–Trinajstić information content (AvgIpc) is 1.91. The summed E-state index contributed by atoms with van der Waals surface area (Å²) in [5.74, 6) is 0. The summed E-state index contributed by atoms with van der Waals surface area (Å²) in [6.45, 7) is -0.233. The summed E-state index contributed by atoms with van der Waals surface area (Å²) in [5.41, 5.74) is 0.778. The highest BCUT2D eigenvalue weighted by Crippen LogP contribution is 1.76. The molecule has 28 valence electrons. The Morgan fingerprint density at radius 2 is 3.20 bits per heavy atom. The van der Waals surface area contributed by atoms with Gasteiger partial charge in [0.2, 0.25) is 0 Å². The van der Waals surface area contributed by atoms with Crippen molar-refractivity contribution in [2.24, 2.45) is 10.3 Å². The van der Waals surface area contributed by atoms with Crippen LogP contribution in [0.25, 0.3) is 0 Å². The van der Waals surface area contributed by atoms with Gasteiger partial charge in [-0.05, 0) is 0 Å². The Hall–Kier alpha value is -0.600. The molecule has 0 aromatic carbocycles. The average molecular weight is 73.1 g/mol. The Bertz CT molecular complexity index is 92.9. The molecule has 1 N–H and O–H groups in total. The van der Waals surface area contributed by atoms with Crippen LogP contribution in [0.4, 0.5) is 0 Å². The lowest BCUT2D eigenvalue weighted by Gasteiger charge is -1.72. The van der Waals surface area contributed by atoms with Crippen LogP contribution in [0, 0.1) is 0 Å². The van der Waals surface area contributed by atoms with Crippen molar-refractivity contribution in [1.82, 2.24) is 5.42 Å². The standard InChI is InChI=1S/C2H5N3/c1-2-4-5-3-1/h1-2H2,(H,3,4)/i1D/hD. The minimum absolute atomic E-state index is 0.337. The Morgan fingerprint density at radius 1 is 2.20 bits per heavy atom. The van der Waals surface area contributed by atoms with Crippen molar-refractivity contribution < 1.29 is 2.78 Å². The van der Waals surface area contributed by atoms with E-state index in [1.54, 1.807) is 0 Å². The summed E-state index contributed by atoms with van der Waals surface area (Å²) in [6, 6.07) is 0. The fraction of sp³-hybridized carbons (Fsp3) is 1.00. The molecule has 0 radical (unpaired) electrons. The number of rotatable bonds is 0. The van der Waals surface area contributed by atoms with Crippen LogP contribution < -0.4 is 5.42 Å². The Morgan fingerprint density at radius 3 is 3.40 bits per heavy atom. The number of nitrogens with zero attached hydrogens (tertiary/aromatic N) is 2. The highest BCUT2D eigenvalue weighted by Gasteiger charge is 1.84. The van der Waals surface area contributed by atoms with Gasteiger partial charge in [-0.2, -0.15) is 5.11 Å². The van der Waals surface area contributed by atoms with Crippen LogP contribution in [0.2, 0.25) is 1.41 Å². The predicted octanol–water partition coefficient (Wildman–Crippen LogP) is -0.0432. The molecule has 0 aliphatic carbocycles. The second kappa shape index (κ2) is 1.01. The van der Waals surface area contributed by atoms with E-state index in [1.165, 1.54) is 0 Å². The van der Waals surface area contributed by atoms with E-state index in [0.29, 0.717) is 6.54 Å². The molecular formula is C2H5N3. The van der Waals surface area contributed by atoms with Crippen LogP contribution in [-0.2, 0) is 0 Å². The smallest absolute Gasteiger partial charge is 0.185 e. The molecule has 1 rings (SSSR count). The van der Waals surface area contributed by atoms with E-state index >= 15 is 0 Å². The molecule has 3 heteroatoms. The normalized spacial score (nSPS) is 41.6. The molecule has 0 bridgehead atoms. The fourth-order valence-corrected chi connectivity index (χ4v) is 0.183. The summed E-state index contributed by atoms with van der Waals surface area (Å²) < 4.78 is 13.6. The summed E-state index contributed by atoms with van der Waals surface area (Å²) in [4.78, 5) is 0. The van der Waals surface area contributed by atoms with Gasteiger partial charge in [0, 0.05) is 0 Å². The largest absolute Gasteiger partial charge is 0.290 e. The first kappa shape index (κ1) is 1.24. The van der Waals surface area contributed by atoms with Gasteiger partial charge in [-0.15, -0.1) is 0 Å². The minimum atomic E-state index is -0.569. The first-order valence-electron chi connectivity index (χ1n) is 2.41. The van der Waals surface area contributed by atoms with Crippen molar-refractivity contribution in [3.05, 3.63) is 0 Å². The van der Waals surface area contributed by atoms with Gasteiger partial charge < -0.3 is 0 Å². The van der Waals surface area contributed by atoms with Crippen molar-refractivity contribution in [3.8, 4) is 0 Å². The molecule has 0 spiro atoms. The van der Waals surface area contributed by atoms with Crippen molar-refractivity contribution >= 4 is 0 Å². The van der Waals surface area contributed by atoms with Gasteiger partial charge in [0.25, 0.3) is 0 Å². The molecule has 0 aromatic heterocycles. The number of hydrogen-bond acceptors (Lipinski definition) is 3. The maximum absolute atomic E-state index is 6.89. The van der Waals surface area contributed by atoms with Crippen molar-refractivity contribution in [1.29, 1.82) is 0 Å². The zero-order valence-electron chi connectivity index (χ0n) is 4.63. The van der Waals surface area contributed by atoms with E-state index in [4.69, 9.17) is 2.78 Å². The van der Waals surface area contributed by atoms with Crippen LogP contribution >= 0.6 is 0 Å². The van der Waals surface area contributed by atoms with Crippen LogP contribution in [0.1, 0.15) is 1.37 Å². The highest BCUT2D eigenvalue weighted by molar-refractivity contribution is 4.45. The van der Waals surface area contributed by atoms with Crippen molar-refractivity contribution in [2.45, 2.75) is 0 Å². The van der Waals surface area contributed by atoms with Gasteiger partial charge in [-0.1, -0.05) is 5.22 Å². The molecular weight excluding hydrogens is 66.0 g/mol. The van der Waals surface area contributed by atoms with E-state index in [2.05, 4.69) is 10.3 Å². The first-order chi connectivity index (χ1) is 3.30. The summed E-state index contributed by atoms with van der Waals surface area (Å²) in [5, 5.41) is 6.68. The molecule has 0 fully saturated rings. The lowest BCUT2D eigenvalue weighted by Crippen LogP contribution is -1.99. The van der Waals surface area contributed by atoms with Gasteiger partial charge in [0.1, 0.15) is 0 Å². The highest BCUT2D eigenvalue weighted by atomic mass is 15.5. The molecule has 1 aliphatic heterocycles. The Balaban J connectivity index is 2.45. The molecule has 1 atom stereocenters. The lowest BCUT2D eigenvalue weighted by molar-refractivity contribution is 0.828. The Labute approximate surface area is 32.9 Å². The molecule has 0 amide bonds. The molecule has 1 heterocycles. The zero-order chi connectivity index (χ0) is 5.28. The van der Waals surface area contributed by atoms with Crippen molar-refractivity contribution in [3.63, 3.8) is 0 Å². The third-order valence-corrected chi connectivity index (χ3v) is 0.360. The molecule has 0 saturated carbocycles. The second-order valence-corrected chi connectivity index (χ2v) is 0.711. The number of nitrogens with one attached hydrogen (secondary N) is 1. The van der Waals surface area contributed by atoms with Gasteiger partial charge in [0.15, 0.2) is 1.41 Å². The van der Waals surface area contributed by atoms with Gasteiger partial charge in [-0.25, -0.2) is 0 Å². The van der Waals surface area contributed by atoms with E-state index in [0.717, 1.165) is 5.42 Å². The number of hydrogen-bond donors (Lipinski definition) is 1. The minimum Gasteiger partial charge on any atom is -0.290 e. The predicted molar refractivity (Wildman–Crippen MR) is 17.7 cm³/mol. The van der Waals surface area contributed by atoms with Crippen molar-refractivity contribution in [2.75, 3.05) is 13.1 Å². The SMILES string of the molecule is [2H]C1CN=NN1[2H]. The van der Waals surface area contributed by atoms with Crippen LogP contribution in [0.3, 0.4) is 0 Å². The van der Waals surface area contributed by atoms with Gasteiger partial charge in [0.05, 0.1) is 14.4 Å². The summed E-state index contributed by atoms with van der Waals surface area (Å²) in [7, 11) is 0. The van der Waals surface area contributed by atoms with Gasteiger partial charge in [-0.3, -0.25) is 5.42 Å². The van der Waals surface area contributed by atoms with Crippen LogP contribution in [0.5, 0.6) is 0 Å². The van der Waals surface area contributed by atoms with E-state index in [9.17, 15) is 0 Å². The van der Waals surface area contributed by atoms with Crippen LogP contribution in [-0.4, -0.2) is 13.1 Å². The third-order valence-electron chi connectivity index (χ3n) is 0.360.